The zero-order valence-electron chi connectivity index (χ0n) is 11.9. The Morgan fingerprint density at radius 3 is 2.55 bits per heavy atom. The molecule has 0 saturated carbocycles. The average molecular weight is 304 g/mol. The third-order valence-electron chi connectivity index (χ3n) is 3.03. The highest BCUT2D eigenvalue weighted by Crippen LogP contribution is 2.14. The fourth-order valence-corrected chi connectivity index (χ4v) is 1.89. The van der Waals surface area contributed by atoms with Crippen molar-refractivity contribution in [2.24, 2.45) is 5.73 Å². The van der Waals surface area contributed by atoms with Crippen LogP contribution in [0.15, 0.2) is 53.0 Å². The van der Waals surface area contributed by atoms with E-state index in [1.165, 1.54) is 12.1 Å². The second kappa shape index (κ2) is 7.42. The molecule has 0 radical (unpaired) electrons. The summed E-state index contributed by atoms with van der Waals surface area (Å²) in [4.78, 5) is 10.6. The van der Waals surface area contributed by atoms with E-state index in [2.05, 4.69) is 0 Å². The normalized spacial score (nSPS) is 11.0. The molecule has 0 aliphatic rings. The number of nitrogens with zero attached hydrogens (tertiary/aromatic N) is 1. The molecular formula is C16H17FN2O3. The average Bonchev–Trinajstić information content (AvgIpc) is 2.93. The lowest BCUT2D eigenvalue weighted by molar-refractivity contribution is -0.0288. The monoisotopic (exact) mass is 304 g/mol. The molecule has 2 amide bonds. The van der Waals surface area contributed by atoms with Crippen LogP contribution in [0, 0.1) is 5.82 Å². The van der Waals surface area contributed by atoms with Crippen molar-refractivity contribution in [2.75, 3.05) is 6.54 Å². The van der Waals surface area contributed by atoms with Gasteiger partial charge in [0.2, 0.25) is 0 Å². The molecule has 2 aromatic rings. The molecule has 1 heterocycles. The second-order valence-corrected chi connectivity index (χ2v) is 4.77. The van der Waals surface area contributed by atoms with E-state index >= 15 is 0 Å². The number of hydrogen-bond acceptors (Lipinski definition) is 3. The summed E-state index contributed by atoms with van der Waals surface area (Å²) in [5, 5.41) is 9.48. The number of halogens is 1. The van der Waals surface area contributed by atoms with Gasteiger partial charge in [0.05, 0.1) is 6.54 Å². The maximum atomic E-state index is 12.8. The number of furan rings is 1. The van der Waals surface area contributed by atoms with Crippen molar-refractivity contribution in [1.29, 1.82) is 0 Å². The van der Waals surface area contributed by atoms with Crippen LogP contribution in [-0.4, -0.2) is 22.8 Å². The Labute approximate surface area is 127 Å². The van der Waals surface area contributed by atoms with E-state index in [0.717, 1.165) is 17.1 Å². The highest BCUT2D eigenvalue weighted by molar-refractivity contribution is 5.70. The molecule has 6 heteroatoms. The van der Waals surface area contributed by atoms with E-state index in [4.69, 9.17) is 15.4 Å². The van der Waals surface area contributed by atoms with Crippen molar-refractivity contribution < 1.29 is 18.8 Å². The van der Waals surface area contributed by atoms with Gasteiger partial charge < -0.3 is 10.2 Å². The number of nitrogens with two attached hydrogens (primary N) is 1. The van der Waals surface area contributed by atoms with Crippen molar-refractivity contribution in [3.8, 4) is 0 Å². The number of urea groups is 1. The Kier molecular flexibility index (Phi) is 5.32. The Hall–Kier alpha value is -2.60. The van der Waals surface area contributed by atoms with Gasteiger partial charge in [-0.15, -0.1) is 0 Å². The number of hydrogen-bond donors (Lipinski definition) is 2. The summed E-state index contributed by atoms with van der Waals surface area (Å²) in [6, 6.07) is 9.10. The van der Waals surface area contributed by atoms with Crippen LogP contribution in [-0.2, 0) is 12.8 Å². The van der Waals surface area contributed by atoms with Crippen LogP contribution in [0.5, 0.6) is 0 Å². The van der Waals surface area contributed by atoms with Gasteiger partial charge in [0, 0.05) is 12.8 Å². The molecule has 116 valence electrons. The van der Waals surface area contributed by atoms with Gasteiger partial charge in [0.15, 0.2) is 0 Å². The Balaban J connectivity index is 1.85. The summed E-state index contributed by atoms with van der Waals surface area (Å²) in [5.74, 6) is 1.29. The summed E-state index contributed by atoms with van der Waals surface area (Å²) in [6.07, 6.45) is 4.52. The second-order valence-electron chi connectivity index (χ2n) is 4.77. The van der Waals surface area contributed by atoms with E-state index < -0.39 is 6.03 Å². The SMILES string of the molecule is NC(=O)N(O)C/C=C/Cc1ccc(Cc2ccc(F)cc2)o1. The van der Waals surface area contributed by atoms with Crippen LogP contribution in [0.2, 0.25) is 0 Å². The lowest BCUT2D eigenvalue weighted by Gasteiger charge is -2.07. The predicted molar refractivity (Wildman–Crippen MR) is 78.8 cm³/mol. The molecule has 1 aromatic carbocycles. The molecule has 22 heavy (non-hydrogen) atoms. The standard InChI is InChI=1S/C16H17FN2O3/c17-13-6-4-12(5-7-13)11-15-9-8-14(22-15)3-1-2-10-19(21)16(18)20/h1-2,4-9,21H,3,10-11H2,(H2,18,20)/b2-1+. The quantitative estimate of drug-likeness (QED) is 0.489. The molecule has 1 aromatic heterocycles. The van der Waals surface area contributed by atoms with Crippen molar-refractivity contribution in [2.45, 2.75) is 12.8 Å². The highest BCUT2D eigenvalue weighted by atomic mass is 19.1. The smallest absolute Gasteiger partial charge is 0.338 e. The minimum Gasteiger partial charge on any atom is -0.465 e. The number of carbonyl (C=O) groups is 1. The molecule has 5 nitrogen and oxygen atoms in total. The Morgan fingerprint density at radius 1 is 1.18 bits per heavy atom. The van der Waals surface area contributed by atoms with Crippen molar-refractivity contribution in [3.63, 3.8) is 0 Å². The Bertz CT molecular complexity index is 650. The number of primary amides is 1. The number of allylic oxidation sites excluding steroid dienone is 1. The van der Waals surface area contributed by atoms with E-state index in [9.17, 15) is 9.18 Å². The van der Waals surface area contributed by atoms with Gasteiger partial charge in [-0.3, -0.25) is 5.21 Å². The summed E-state index contributed by atoms with van der Waals surface area (Å²) in [6.45, 7) is 0.0263. The van der Waals surface area contributed by atoms with Crippen LogP contribution in [0.25, 0.3) is 0 Å². The van der Waals surface area contributed by atoms with Gasteiger partial charge in [0.25, 0.3) is 0 Å². The minimum absolute atomic E-state index is 0.0263. The molecule has 0 aliphatic heterocycles. The number of amides is 2. The molecule has 0 saturated heterocycles. The highest BCUT2D eigenvalue weighted by Gasteiger charge is 2.04. The summed E-state index contributed by atoms with van der Waals surface area (Å²) < 4.78 is 18.5. The zero-order chi connectivity index (χ0) is 15.9. The van der Waals surface area contributed by atoms with Gasteiger partial charge >= 0.3 is 6.03 Å². The van der Waals surface area contributed by atoms with Gasteiger partial charge in [-0.2, -0.15) is 0 Å². The fraction of sp³-hybridized carbons (Fsp3) is 0.188. The van der Waals surface area contributed by atoms with Crippen molar-refractivity contribution >= 4 is 6.03 Å². The van der Waals surface area contributed by atoms with Crippen molar-refractivity contribution in [3.05, 3.63) is 71.5 Å². The van der Waals surface area contributed by atoms with Gasteiger partial charge in [-0.25, -0.2) is 14.2 Å². The summed E-state index contributed by atoms with van der Waals surface area (Å²) in [7, 11) is 0. The minimum atomic E-state index is -0.899. The van der Waals surface area contributed by atoms with Crippen LogP contribution < -0.4 is 5.73 Å². The van der Waals surface area contributed by atoms with Gasteiger partial charge in [-0.05, 0) is 29.8 Å². The fourth-order valence-electron chi connectivity index (χ4n) is 1.89. The lowest BCUT2D eigenvalue weighted by Crippen LogP contribution is -2.32. The first-order valence-electron chi connectivity index (χ1n) is 6.77. The number of benzene rings is 1. The predicted octanol–water partition coefficient (Wildman–Crippen LogP) is 2.88. The van der Waals surface area contributed by atoms with Crippen LogP contribution >= 0.6 is 0 Å². The third-order valence-corrected chi connectivity index (χ3v) is 3.03. The molecule has 0 atom stereocenters. The molecule has 0 unspecified atom stereocenters. The number of hydroxylamine groups is 2. The van der Waals surface area contributed by atoms with E-state index in [0.29, 0.717) is 17.9 Å². The van der Waals surface area contributed by atoms with Crippen molar-refractivity contribution in [1.82, 2.24) is 5.06 Å². The topological polar surface area (TPSA) is 79.7 Å². The molecule has 0 spiro atoms. The largest absolute Gasteiger partial charge is 0.465 e. The van der Waals surface area contributed by atoms with Gasteiger partial charge in [0.1, 0.15) is 17.3 Å². The van der Waals surface area contributed by atoms with Crippen LogP contribution in [0.1, 0.15) is 17.1 Å². The maximum Gasteiger partial charge on any atom is 0.338 e. The molecular weight excluding hydrogens is 287 g/mol. The third kappa shape index (κ3) is 4.75. The van der Waals surface area contributed by atoms with Crippen LogP contribution in [0.3, 0.4) is 0 Å². The molecule has 0 fully saturated rings. The van der Waals surface area contributed by atoms with E-state index in [1.54, 1.807) is 24.3 Å². The first-order valence-corrected chi connectivity index (χ1v) is 6.77. The van der Waals surface area contributed by atoms with Crippen LogP contribution in [0.4, 0.5) is 9.18 Å². The zero-order valence-corrected chi connectivity index (χ0v) is 11.9. The lowest BCUT2D eigenvalue weighted by atomic mass is 10.1. The number of carbonyl (C=O) groups excluding carboxylic acids is 1. The first-order chi connectivity index (χ1) is 10.5. The molecule has 2 rings (SSSR count). The summed E-state index contributed by atoms with van der Waals surface area (Å²) in [5.41, 5.74) is 5.84. The molecule has 0 aliphatic carbocycles. The molecule has 0 bridgehead atoms. The summed E-state index contributed by atoms with van der Waals surface area (Å²) >= 11 is 0. The van der Waals surface area contributed by atoms with E-state index in [-0.39, 0.29) is 12.4 Å². The number of rotatable bonds is 6. The first kappa shape index (κ1) is 15.8. The van der Waals surface area contributed by atoms with Gasteiger partial charge in [-0.1, -0.05) is 24.3 Å². The molecule has 3 N–H and O–H groups in total. The van der Waals surface area contributed by atoms with E-state index in [1.807, 2.05) is 12.1 Å². The maximum absolute atomic E-state index is 12.8. The Morgan fingerprint density at radius 2 is 1.86 bits per heavy atom.